The van der Waals surface area contributed by atoms with Crippen molar-refractivity contribution in [1.29, 1.82) is 0 Å². The van der Waals surface area contributed by atoms with Crippen molar-refractivity contribution in [2.45, 2.75) is 32.2 Å². The minimum atomic E-state index is 0.463. The third-order valence-corrected chi connectivity index (χ3v) is 4.22. The molecule has 1 saturated heterocycles. The lowest BCUT2D eigenvalue weighted by molar-refractivity contribution is 0.484. The number of benzene rings is 1. The average Bonchev–Trinajstić information content (AvgIpc) is 2.28. The van der Waals surface area contributed by atoms with Crippen molar-refractivity contribution >= 4 is 38.8 Å². The molecule has 1 aliphatic heterocycles. The van der Waals surface area contributed by atoms with Crippen molar-refractivity contribution < 1.29 is 0 Å². The molecule has 0 spiro atoms. The van der Waals surface area contributed by atoms with Crippen molar-refractivity contribution in [1.82, 2.24) is 0 Å². The van der Waals surface area contributed by atoms with Crippen molar-refractivity contribution in [3.05, 3.63) is 28.2 Å². The average molecular weight is 313 g/mol. The van der Waals surface area contributed by atoms with Crippen LogP contribution in [0.2, 0.25) is 0 Å². The minimum Gasteiger partial charge on any atom is -0.389 e. The number of piperidine rings is 1. The first kappa shape index (κ1) is 12.8. The molecule has 1 heterocycles. The number of anilines is 1. The predicted octanol–water partition coefficient (Wildman–Crippen LogP) is 3.46. The van der Waals surface area contributed by atoms with Gasteiger partial charge in [0.2, 0.25) is 0 Å². The van der Waals surface area contributed by atoms with Gasteiger partial charge in [0.1, 0.15) is 4.99 Å². The maximum Gasteiger partial charge on any atom is 0.107 e. The van der Waals surface area contributed by atoms with E-state index < -0.39 is 0 Å². The van der Waals surface area contributed by atoms with Gasteiger partial charge in [-0.05, 0) is 54.2 Å². The molecule has 2 N–H and O–H groups in total. The van der Waals surface area contributed by atoms with Crippen LogP contribution < -0.4 is 10.6 Å². The smallest absolute Gasteiger partial charge is 0.107 e. The van der Waals surface area contributed by atoms with Crippen LogP contribution in [0.25, 0.3) is 0 Å². The van der Waals surface area contributed by atoms with E-state index in [4.69, 9.17) is 18.0 Å². The van der Waals surface area contributed by atoms with Gasteiger partial charge in [0.15, 0.2) is 0 Å². The van der Waals surface area contributed by atoms with E-state index in [0.29, 0.717) is 11.0 Å². The van der Waals surface area contributed by atoms with Crippen LogP contribution in [0.15, 0.2) is 22.7 Å². The summed E-state index contributed by atoms with van der Waals surface area (Å²) >= 11 is 8.71. The summed E-state index contributed by atoms with van der Waals surface area (Å²) in [4.78, 5) is 2.88. The van der Waals surface area contributed by atoms with Gasteiger partial charge in [-0.25, -0.2) is 0 Å². The Morgan fingerprint density at radius 2 is 2.24 bits per heavy atom. The van der Waals surface area contributed by atoms with Gasteiger partial charge in [-0.15, -0.1) is 0 Å². The Kier molecular flexibility index (Phi) is 4.05. The molecule has 4 heteroatoms. The van der Waals surface area contributed by atoms with Crippen LogP contribution in [-0.2, 0) is 0 Å². The third kappa shape index (κ3) is 2.63. The van der Waals surface area contributed by atoms with Crippen LogP contribution in [0.1, 0.15) is 31.7 Å². The summed E-state index contributed by atoms with van der Waals surface area (Å²) in [6.07, 6.45) is 3.80. The summed E-state index contributed by atoms with van der Waals surface area (Å²) in [6.45, 7) is 3.36. The van der Waals surface area contributed by atoms with Crippen LogP contribution >= 0.6 is 28.1 Å². The molecule has 0 amide bonds. The normalized spacial score (nSPS) is 20.4. The monoisotopic (exact) mass is 312 g/mol. The number of hydrogen-bond acceptors (Lipinski definition) is 2. The van der Waals surface area contributed by atoms with E-state index in [2.05, 4.69) is 33.8 Å². The highest BCUT2D eigenvalue weighted by Gasteiger charge is 2.22. The van der Waals surface area contributed by atoms with Gasteiger partial charge in [-0.3, -0.25) is 0 Å². The fraction of sp³-hybridized carbons (Fsp3) is 0.462. The predicted molar refractivity (Wildman–Crippen MR) is 80.7 cm³/mol. The van der Waals surface area contributed by atoms with E-state index in [9.17, 15) is 0 Å². The summed E-state index contributed by atoms with van der Waals surface area (Å²) in [5.74, 6) is 0. The topological polar surface area (TPSA) is 29.3 Å². The van der Waals surface area contributed by atoms with Gasteiger partial charge in [-0.1, -0.05) is 18.3 Å². The Morgan fingerprint density at radius 1 is 1.47 bits per heavy atom. The maximum absolute atomic E-state index is 5.84. The Hall–Kier alpha value is -0.610. The van der Waals surface area contributed by atoms with Crippen molar-refractivity contribution in [3.63, 3.8) is 0 Å². The number of rotatable bonds is 2. The molecule has 1 unspecified atom stereocenters. The van der Waals surface area contributed by atoms with Crippen molar-refractivity contribution in [3.8, 4) is 0 Å². The van der Waals surface area contributed by atoms with Gasteiger partial charge in [-0.2, -0.15) is 0 Å². The zero-order valence-corrected chi connectivity index (χ0v) is 12.4. The van der Waals surface area contributed by atoms with Crippen molar-refractivity contribution in [2.75, 3.05) is 11.4 Å². The Bertz CT molecular complexity index is 433. The molecule has 0 radical (unpaired) electrons. The molecule has 2 nitrogen and oxygen atoms in total. The second-order valence-corrected chi connectivity index (χ2v) is 5.83. The molecule has 17 heavy (non-hydrogen) atoms. The number of hydrogen-bond donors (Lipinski definition) is 1. The van der Waals surface area contributed by atoms with E-state index in [-0.39, 0.29) is 0 Å². The van der Waals surface area contributed by atoms with Crippen LogP contribution in [0, 0.1) is 0 Å². The lowest BCUT2D eigenvalue weighted by Gasteiger charge is -2.36. The lowest BCUT2D eigenvalue weighted by atomic mass is 10.0. The molecular formula is C13H17BrN2S. The van der Waals surface area contributed by atoms with E-state index in [1.54, 1.807) is 0 Å². The van der Waals surface area contributed by atoms with Crippen LogP contribution in [-0.4, -0.2) is 17.6 Å². The summed E-state index contributed by atoms with van der Waals surface area (Å²) in [6, 6.07) is 6.71. The first-order valence-corrected chi connectivity index (χ1v) is 7.16. The molecule has 1 aromatic rings. The summed E-state index contributed by atoms with van der Waals surface area (Å²) in [5.41, 5.74) is 7.98. The number of halogens is 1. The molecule has 1 atom stereocenters. The first-order chi connectivity index (χ1) is 8.11. The summed E-state index contributed by atoms with van der Waals surface area (Å²) in [5, 5.41) is 0. The fourth-order valence-electron chi connectivity index (χ4n) is 2.45. The highest BCUT2D eigenvalue weighted by Crippen LogP contribution is 2.32. The maximum atomic E-state index is 5.84. The second kappa shape index (κ2) is 5.36. The third-order valence-electron chi connectivity index (χ3n) is 3.35. The number of nitrogens with two attached hydrogens (primary N) is 1. The highest BCUT2D eigenvalue weighted by atomic mass is 79.9. The zero-order valence-electron chi connectivity index (χ0n) is 9.95. The standard InChI is InChI=1S/C13H17BrN2S/c1-9-5-2-3-8-16(9)11-7-4-6-10(14)12(11)13(15)17/h4,6-7,9H,2-3,5,8H2,1H3,(H2,15,17). The van der Waals surface area contributed by atoms with Gasteiger partial charge in [0.05, 0.1) is 0 Å². The molecule has 0 aliphatic carbocycles. The number of nitrogens with zero attached hydrogens (tertiary/aromatic N) is 1. The van der Waals surface area contributed by atoms with Gasteiger partial charge >= 0.3 is 0 Å². The Balaban J connectivity index is 2.43. The molecule has 0 aromatic heterocycles. The quantitative estimate of drug-likeness (QED) is 0.848. The fourth-order valence-corrected chi connectivity index (χ4v) is 3.37. The van der Waals surface area contributed by atoms with Gasteiger partial charge in [0.25, 0.3) is 0 Å². The molecule has 92 valence electrons. The molecule has 0 saturated carbocycles. The summed E-state index contributed by atoms with van der Waals surface area (Å²) in [7, 11) is 0. The molecule has 2 rings (SSSR count). The van der Waals surface area contributed by atoms with Gasteiger partial charge < -0.3 is 10.6 Å². The second-order valence-electron chi connectivity index (χ2n) is 4.54. The molecule has 1 aromatic carbocycles. The largest absolute Gasteiger partial charge is 0.389 e. The van der Waals surface area contributed by atoms with Crippen LogP contribution in [0.4, 0.5) is 5.69 Å². The highest BCUT2D eigenvalue weighted by molar-refractivity contribution is 9.10. The van der Waals surface area contributed by atoms with E-state index in [1.165, 1.54) is 24.9 Å². The Morgan fingerprint density at radius 3 is 2.88 bits per heavy atom. The van der Waals surface area contributed by atoms with Crippen molar-refractivity contribution in [2.24, 2.45) is 5.73 Å². The van der Waals surface area contributed by atoms with E-state index in [1.807, 2.05) is 12.1 Å². The SMILES string of the molecule is CC1CCCCN1c1cccc(Br)c1C(N)=S. The lowest BCUT2D eigenvalue weighted by Crippen LogP contribution is -2.38. The number of thiocarbonyl (C=S) groups is 1. The van der Waals surface area contributed by atoms with E-state index >= 15 is 0 Å². The molecule has 1 aliphatic rings. The molecule has 1 fully saturated rings. The van der Waals surface area contributed by atoms with E-state index in [0.717, 1.165) is 16.6 Å². The molecule has 0 bridgehead atoms. The van der Waals surface area contributed by atoms with Crippen LogP contribution in [0.3, 0.4) is 0 Å². The zero-order chi connectivity index (χ0) is 12.4. The first-order valence-electron chi connectivity index (χ1n) is 5.96. The van der Waals surface area contributed by atoms with Gasteiger partial charge in [0, 0.05) is 28.3 Å². The van der Waals surface area contributed by atoms with Crippen LogP contribution in [0.5, 0.6) is 0 Å². The minimum absolute atomic E-state index is 0.463. The Labute approximate surface area is 116 Å². The summed E-state index contributed by atoms with van der Waals surface area (Å²) < 4.78 is 0.986. The molecular weight excluding hydrogens is 296 g/mol.